The zero-order valence-corrected chi connectivity index (χ0v) is 16.4. The minimum absolute atomic E-state index is 0. The summed E-state index contributed by atoms with van der Waals surface area (Å²) in [6.07, 6.45) is 6.92. The van der Waals surface area contributed by atoms with E-state index in [0.717, 1.165) is 31.8 Å². The largest absolute Gasteiger partial charge is 0.542 e. The van der Waals surface area contributed by atoms with Gasteiger partial charge >= 0.3 is 0 Å². The van der Waals surface area contributed by atoms with E-state index in [1.165, 1.54) is 39.0 Å². The molecule has 115 valence electrons. The topological polar surface area (TPSA) is 23.6 Å². The summed E-state index contributed by atoms with van der Waals surface area (Å²) in [5.41, 5.74) is 0. The average Bonchev–Trinajstić information content (AvgIpc) is 2.51. The maximum Gasteiger partial charge on any atom is 0.00106 e. The van der Waals surface area contributed by atoms with Crippen molar-refractivity contribution in [2.24, 2.45) is 11.8 Å². The molecule has 0 atom stereocenters. The van der Waals surface area contributed by atoms with Crippen molar-refractivity contribution in [3.63, 3.8) is 0 Å². The molecule has 1 radical (unpaired) electrons. The third-order valence-electron chi connectivity index (χ3n) is 4.43. The van der Waals surface area contributed by atoms with E-state index >= 15 is 0 Å². The Kier molecular flexibility index (Phi) is 12.7. The van der Waals surface area contributed by atoms with Crippen LogP contribution >= 0.6 is 0 Å². The Morgan fingerprint density at radius 3 is 1.90 bits per heavy atom. The van der Waals surface area contributed by atoms with Crippen molar-refractivity contribution in [3.8, 4) is 0 Å². The molecule has 2 fully saturated rings. The SMILES string of the molecule is CC.CCN1CCC(CN2CCC([C-]=O)CC2)CC1.[Y]. The second kappa shape index (κ2) is 12.3. The maximum atomic E-state index is 10.6. The van der Waals surface area contributed by atoms with Gasteiger partial charge in [0.05, 0.1) is 0 Å². The summed E-state index contributed by atoms with van der Waals surface area (Å²) >= 11 is 0. The fraction of sp³-hybridized carbons (Fsp3) is 0.938. The van der Waals surface area contributed by atoms with Crippen LogP contribution < -0.4 is 0 Å². The monoisotopic (exact) mass is 356 g/mol. The van der Waals surface area contributed by atoms with Crippen LogP contribution in [0, 0.1) is 11.8 Å². The molecule has 2 aliphatic rings. The van der Waals surface area contributed by atoms with E-state index in [4.69, 9.17) is 0 Å². The smallest absolute Gasteiger partial charge is 0.00106 e. The first-order chi connectivity index (χ1) is 9.31. The van der Waals surface area contributed by atoms with Gasteiger partial charge in [-0.1, -0.05) is 33.6 Å². The van der Waals surface area contributed by atoms with Crippen molar-refractivity contribution in [3.05, 3.63) is 0 Å². The molecule has 3 nitrogen and oxygen atoms in total. The zero-order chi connectivity index (χ0) is 14.1. The molecule has 2 saturated heterocycles. The molecule has 2 rings (SSSR count). The third-order valence-corrected chi connectivity index (χ3v) is 4.43. The molecular weight excluding hydrogens is 325 g/mol. The first-order valence-corrected chi connectivity index (χ1v) is 8.14. The van der Waals surface area contributed by atoms with Crippen LogP contribution in [0.25, 0.3) is 0 Å². The molecule has 0 N–H and O–H groups in total. The summed E-state index contributed by atoms with van der Waals surface area (Å²) in [6, 6.07) is 0. The van der Waals surface area contributed by atoms with Gasteiger partial charge in [-0.25, -0.2) is 0 Å². The molecule has 2 heterocycles. The number of piperidine rings is 2. The second-order valence-corrected chi connectivity index (χ2v) is 5.57. The van der Waals surface area contributed by atoms with Gasteiger partial charge in [0.2, 0.25) is 0 Å². The van der Waals surface area contributed by atoms with Crippen molar-refractivity contribution in [1.82, 2.24) is 9.80 Å². The molecule has 0 aliphatic carbocycles. The van der Waals surface area contributed by atoms with E-state index in [1.807, 2.05) is 13.8 Å². The average molecular weight is 356 g/mol. The van der Waals surface area contributed by atoms with Gasteiger partial charge in [0, 0.05) is 39.3 Å². The van der Waals surface area contributed by atoms with Gasteiger partial charge in [0.15, 0.2) is 0 Å². The van der Waals surface area contributed by atoms with E-state index in [1.54, 1.807) is 0 Å². The van der Waals surface area contributed by atoms with Crippen LogP contribution in [0.3, 0.4) is 0 Å². The van der Waals surface area contributed by atoms with Crippen molar-refractivity contribution in [1.29, 1.82) is 0 Å². The Bertz CT molecular complexity index is 235. The molecule has 0 spiro atoms. The fourth-order valence-corrected chi connectivity index (χ4v) is 3.08. The quantitative estimate of drug-likeness (QED) is 0.724. The molecule has 0 aromatic rings. The van der Waals surface area contributed by atoms with E-state index in [9.17, 15) is 4.79 Å². The number of rotatable bonds is 4. The first-order valence-electron chi connectivity index (χ1n) is 8.14. The minimum atomic E-state index is 0. The van der Waals surface area contributed by atoms with Crippen LogP contribution in [0.15, 0.2) is 0 Å². The Morgan fingerprint density at radius 2 is 1.45 bits per heavy atom. The molecule has 0 bridgehead atoms. The fourth-order valence-electron chi connectivity index (χ4n) is 3.08. The minimum Gasteiger partial charge on any atom is -0.542 e. The van der Waals surface area contributed by atoms with E-state index in [2.05, 4.69) is 23.0 Å². The summed E-state index contributed by atoms with van der Waals surface area (Å²) < 4.78 is 0. The van der Waals surface area contributed by atoms with Gasteiger partial charge in [-0.05, 0) is 51.5 Å². The molecule has 0 aromatic heterocycles. The molecule has 2 aliphatic heterocycles. The molecule has 0 unspecified atom stereocenters. The molecule has 4 heteroatoms. The van der Waals surface area contributed by atoms with Crippen LogP contribution in [0.5, 0.6) is 0 Å². The maximum absolute atomic E-state index is 10.6. The Hall–Kier alpha value is 0.694. The summed E-state index contributed by atoms with van der Waals surface area (Å²) in [7, 11) is 0. The van der Waals surface area contributed by atoms with Crippen LogP contribution in [0.1, 0.15) is 46.5 Å². The Morgan fingerprint density at radius 1 is 0.950 bits per heavy atom. The number of likely N-dealkylation sites (tertiary alicyclic amines) is 2. The Balaban J connectivity index is 0.00000115. The molecule has 0 aromatic carbocycles. The first kappa shape index (κ1) is 20.7. The predicted octanol–water partition coefficient (Wildman–Crippen LogP) is 2.56. The second-order valence-electron chi connectivity index (χ2n) is 5.57. The zero-order valence-electron chi connectivity index (χ0n) is 13.6. The summed E-state index contributed by atoms with van der Waals surface area (Å²) in [5.74, 6) is 1.10. The van der Waals surface area contributed by atoms with Gasteiger partial charge in [-0.2, -0.15) is 0 Å². The molecular formula is C16H31N2OY-. The number of carbonyl (C=O) groups excluding carboxylic acids is 1. The molecule has 0 amide bonds. The third kappa shape index (κ3) is 7.11. The molecule has 0 saturated carbocycles. The van der Waals surface area contributed by atoms with E-state index in [0.29, 0.717) is 0 Å². The number of hydrogen-bond acceptors (Lipinski definition) is 3. The summed E-state index contributed by atoms with van der Waals surface area (Å²) in [4.78, 5) is 15.7. The molecule has 20 heavy (non-hydrogen) atoms. The summed E-state index contributed by atoms with van der Waals surface area (Å²) in [5, 5.41) is 0. The van der Waals surface area contributed by atoms with Crippen LogP contribution in [-0.4, -0.2) is 55.4 Å². The standard InChI is InChI=1S/C14H25N2O.C2H6.Y/c1-2-15-7-3-13(4-8-15)11-16-9-5-14(12-17)6-10-16;1-2;/h13-14H,2-11H2,1H3;1-2H3;/q-1;;. The van der Waals surface area contributed by atoms with Gasteiger partial charge in [-0.15, -0.1) is 5.92 Å². The van der Waals surface area contributed by atoms with Crippen molar-refractivity contribution >= 4 is 6.29 Å². The van der Waals surface area contributed by atoms with Crippen molar-refractivity contribution in [2.75, 3.05) is 39.3 Å². The summed E-state index contributed by atoms with van der Waals surface area (Å²) in [6.45, 7) is 13.5. The van der Waals surface area contributed by atoms with Crippen LogP contribution in [0.4, 0.5) is 0 Å². The van der Waals surface area contributed by atoms with Gasteiger partial charge in [-0.3, -0.25) is 6.29 Å². The van der Waals surface area contributed by atoms with E-state index < -0.39 is 0 Å². The van der Waals surface area contributed by atoms with Crippen LogP contribution in [-0.2, 0) is 37.5 Å². The predicted molar refractivity (Wildman–Crippen MR) is 81.0 cm³/mol. The van der Waals surface area contributed by atoms with Crippen LogP contribution in [0.2, 0.25) is 0 Å². The van der Waals surface area contributed by atoms with Gasteiger partial charge in [0.25, 0.3) is 0 Å². The Labute approximate surface area is 150 Å². The number of hydrogen-bond donors (Lipinski definition) is 0. The van der Waals surface area contributed by atoms with Crippen molar-refractivity contribution in [2.45, 2.75) is 46.5 Å². The number of nitrogens with zero attached hydrogens (tertiary/aromatic N) is 2. The van der Waals surface area contributed by atoms with Gasteiger partial charge < -0.3 is 14.6 Å². The van der Waals surface area contributed by atoms with Crippen molar-refractivity contribution < 1.29 is 37.5 Å². The van der Waals surface area contributed by atoms with Gasteiger partial charge in [0.1, 0.15) is 0 Å². The normalized spacial score (nSPS) is 22.6. The van der Waals surface area contributed by atoms with E-state index in [-0.39, 0.29) is 38.6 Å².